The second-order valence-electron chi connectivity index (χ2n) is 3.79. The molecule has 0 spiro atoms. The Morgan fingerprint density at radius 1 is 0.950 bits per heavy atom. The molecule has 20 heavy (non-hydrogen) atoms. The minimum Gasteiger partial charge on any atom is -0.396 e. The van der Waals surface area contributed by atoms with Crippen LogP contribution in [0.3, 0.4) is 0 Å². The number of nitrogen functional groups attached to an aromatic ring is 1. The summed E-state index contributed by atoms with van der Waals surface area (Å²) < 4.78 is 76.1. The van der Waals surface area contributed by atoms with Gasteiger partial charge in [0.1, 0.15) is 11.2 Å². The molecule has 0 radical (unpaired) electrons. The van der Waals surface area contributed by atoms with E-state index in [1.165, 1.54) is 0 Å². The van der Waals surface area contributed by atoms with Gasteiger partial charge in [0, 0.05) is 0 Å². The summed E-state index contributed by atoms with van der Waals surface area (Å²) in [4.78, 5) is 6.45. The second-order valence-corrected chi connectivity index (χ2v) is 4.14. The average Bonchev–Trinajstić information content (AvgIpc) is 2.26. The van der Waals surface area contributed by atoms with Crippen LogP contribution in [0.4, 0.5) is 32.0 Å². The molecule has 0 saturated heterocycles. The summed E-state index contributed by atoms with van der Waals surface area (Å²) in [6.07, 6.45) is -10.1. The molecule has 0 saturated carbocycles. The van der Waals surface area contributed by atoms with Gasteiger partial charge in [0.05, 0.1) is 16.8 Å². The van der Waals surface area contributed by atoms with Crippen LogP contribution in [0.15, 0.2) is 12.1 Å². The molecular weight excluding hydrogens is 312 g/mol. The summed E-state index contributed by atoms with van der Waals surface area (Å²) in [6.45, 7) is 0. The Morgan fingerprint density at radius 3 is 2.05 bits per heavy atom. The number of halogens is 7. The van der Waals surface area contributed by atoms with Gasteiger partial charge in [0.25, 0.3) is 0 Å². The number of rotatable bonds is 0. The number of nitrogens with two attached hydrogens (primary N) is 1. The highest BCUT2D eigenvalue weighted by Crippen LogP contribution is 2.38. The number of anilines is 1. The molecule has 0 amide bonds. The minimum absolute atomic E-state index is 0.109. The summed E-state index contributed by atoms with van der Waals surface area (Å²) in [5.41, 5.74) is 0.372. The number of alkyl halides is 6. The summed E-state index contributed by atoms with van der Waals surface area (Å²) in [7, 11) is 0. The molecule has 0 aliphatic heterocycles. The van der Waals surface area contributed by atoms with Crippen LogP contribution < -0.4 is 5.73 Å². The predicted molar refractivity (Wildman–Crippen MR) is 59.0 cm³/mol. The molecule has 0 aromatic carbocycles. The van der Waals surface area contributed by atoms with Gasteiger partial charge < -0.3 is 5.73 Å². The highest BCUT2D eigenvalue weighted by molar-refractivity contribution is 6.32. The third-order valence-electron chi connectivity index (χ3n) is 2.36. The Bertz CT molecular complexity index is 679. The summed E-state index contributed by atoms with van der Waals surface area (Å²) in [5, 5.41) is -0.440. The molecule has 2 heterocycles. The zero-order valence-electron chi connectivity index (χ0n) is 9.27. The highest BCUT2D eigenvalue weighted by Gasteiger charge is 2.39. The first-order valence-electron chi connectivity index (χ1n) is 4.91. The molecule has 0 fully saturated rings. The molecular formula is C10H4ClF6N3. The van der Waals surface area contributed by atoms with Gasteiger partial charge in [-0.05, 0) is 12.1 Å². The van der Waals surface area contributed by atoms with Crippen molar-refractivity contribution in [1.29, 1.82) is 0 Å². The van der Waals surface area contributed by atoms with Gasteiger partial charge in [-0.15, -0.1) is 0 Å². The van der Waals surface area contributed by atoms with E-state index in [9.17, 15) is 26.3 Å². The van der Waals surface area contributed by atoms with Gasteiger partial charge in [-0.1, -0.05) is 11.6 Å². The van der Waals surface area contributed by atoms with E-state index in [-0.39, 0.29) is 11.8 Å². The monoisotopic (exact) mass is 315 g/mol. The number of fused-ring (bicyclic) bond motifs is 1. The number of nitrogens with zero attached hydrogens (tertiary/aromatic N) is 2. The topological polar surface area (TPSA) is 51.8 Å². The minimum atomic E-state index is -5.03. The van der Waals surface area contributed by atoms with Crippen molar-refractivity contribution >= 4 is 28.3 Å². The van der Waals surface area contributed by atoms with Gasteiger partial charge in [0.2, 0.25) is 0 Å². The summed E-state index contributed by atoms with van der Waals surface area (Å²) in [6, 6.07) is 0.705. The van der Waals surface area contributed by atoms with Gasteiger partial charge in [-0.25, -0.2) is 9.97 Å². The van der Waals surface area contributed by atoms with E-state index < -0.39 is 39.8 Å². The van der Waals surface area contributed by atoms with E-state index >= 15 is 0 Å². The van der Waals surface area contributed by atoms with Crippen LogP contribution in [0, 0.1) is 0 Å². The number of aromatic nitrogens is 2. The van der Waals surface area contributed by atoms with Gasteiger partial charge in [-0.3, -0.25) is 0 Å². The van der Waals surface area contributed by atoms with E-state index in [1.54, 1.807) is 0 Å². The van der Waals surface area contributed by atoms with Crippen molar-refractivity contribution in [3.05, 3.63) is 28.5 Å². The largest absolute Gasteiger partial charge is 0.433 e. The molecule has 0 bridgehead atoms. The molecule has 108 valence electrons. The third kappa shape index (κ3) is 2.58. The lowest BCUT2D eigenvalue weighted by molar-refractivity contribution is -0.144. The van der Waals surface area contributed by atoms with E-state index in [0.717, 1.165) is 6.07 Å². The fourth-order valence-corrected chi connectivity index (χ4v) is 1.65. The van der Waals surface area contributed by atoms with Crippen molar-refractivity contribution in [3.8, 4) is 0 Å². The van der Waals surface area contributed by atoms with Crippen LogP contribution in [0.1, 0.15) is 11.3 Å². The lowest BCUT2D eigenvalue weighted by Crippen LogP contribution is -2.14. The van der Waals surface area contributed by atoms with Crippen molar-refractivity contribution in [1.82, 2.24) is 9.97 Å². The number of hydrogen-bond donors (Lipinski definition) is 1. The fraction of sp³-hybridized carbons (Fsp3) is 0.200. The molecule has 0 aliphatic carbocycles. The average molecular weight is 316 g/mol. The molecule has 2 rings (SSSR count). The lowest BCUT2D eigenvalue weighted by atomic mass is 10.1. The Labute approximate surface area is 112 Å². The second kappa shape index (κ2) is 4.37. The zero-order chi connectivity index (χ0) is 15.3. The Hall–Kier alpha value is -1.77. The lowest BCUT2D eigenvalue weighted by Gasteiger charge is -2.13. The zero-order valence-corrected chi connectivity index (χ0v) is 10.0. The standard InChI is InChI=1S/C10H4ClF6N3/c11-8-4(18)2-5-7(20-8)3(9(12,13)14)1-6(19-5)10(15,16)17/h1-2H,18H2. The van der Waals surface area contributed by atoms with E-state index in [0.29, 0.717) is 0 Å². The molecule has 2 aromatic heterocycles. The van der Waals surface area contributed by atoms with Crippen LogP contribution in [-0.2, 0) is 12.4 Å². The first-order chi connectivity index (χ1) is 9.00. The third-order valence-corrected chi connectivity index (χ3v) is 2.66. The van der Waals surface area contributed by atoms with Crippen molar-refractivity contribution < 1.29 is 26.3 Å². The first-order valence-corrected chi connectivity index (χ1v) is 5.29. The molecule has 2 N–H and O–H groups in total. The summed E-state index contributed by atoms with van der Waals surface area (Å²) >= 11 is 5.49. The number of pyridine rings is 2. The predicted octanol–water partition coefficient (Wildman–Crippen LogP) is 3.90. The molecule has 0 aliphatic rings. The van der Waals surface area contributed by atoms with Gasteiger partial charge in [-0.2, -0.15) is 26.3 Å². The van der Waals surface area contributed by atoms with Crippen LogP contribution >= 0.6 is 11.6 Å². The van der Waals surface area contributed by atoms with Crippen molar-refractivity contribution in [2.75, 3.05) is 5.73 Å². The molecule has 0 unspecified atom stereocenters. The normalized spacial score (nSPS) is 12.9. The van der Waals surface area contributed by atoms with Crippen LogP contribution in [0.5, 0.6) is 0 Å². The number of hydrogen-bond acceptors (Lipinski definition) is 3. The summed E-state index contributed by atoms with van der Waals surface area (Å²) in [5.74, 6) is 0. The molecule has 0 atom stereocenters. The van der Waals surface area contributed by atoms with Crippen LogP contribution in [0.25, 0.3) is 11.0 Å². The van der Waals surface area contributed by atoms with Crippen molar-refractivity contribution in [2.45, 2.75) is 12.4 Å². The van der Waals surface area contributed by atoms with E-state index in [2.05, 4.69) is 9.97 Å². The molecule has 10 heteroatoms. The smallest absolute Gasteiger partial charge is 0.396 e. The first kappa shape index (κ1) is 14.6. The molecule has 2 aromatic rings. The maximum atomic E-state index is 12.8. The van der Waals surface area contributed by atoms with Crippen LogP contribution in [0.2, 0.25) is 5.15 Å². The van der Waals surface area contributed by atoms with Crippen LogP contribution in [-0.4, -0.2) is 9.97 Å². The van der Waals surface area contributed by atoms with E-state index in [1.807, 2.05) is 0 Å². The molecule has 3 nitrogen and oxygen atoms in total. The van der Waals surface area contributed by atoms with E-state index in [4.69, 9.17) is 17.3 Å². The van der Waals surface area contributed by atoms with Crippen molar-refractivity contribution in [3.63, 3.8) is 0 Å². The fourth-order valence-electron chi connectivity index (χ4n) is 1.51. The van der Waals surface area contributed by atoms with Crippen molar-refractivity contribution in [2.24, 2.45) is 0 Å². The Kier molecular flexibility index (Phi) is 3.20. The Balaban J connectivity index is 2.89. The quantitative estimate of drug-likeness (QED) is 0.592. The Morgan fingerprint density at radius 2 is 1.55 bits per heavy atom. The maximum Gasteiger partial charge on any atom is 0.433 e. The van der Waals surface area contributed by atoms with Gasteiger partial charge >= 0.3 is 12.4 Å². The maximum absolute atomic E-state index is 12.8. The highest BCUT2D eigenvalue weighted by atomic mass is 35.5. The van der Waals surface area contributed by atoms with Gasteiger partial charge in [0.15, 0.2) is 5.15 Å². The SMILES string of the molecule is Nc1cc2nc(C(F)(F)F)cc(C(F)(F)F)c2nc1Cl.